The van der Waals surface area contributed by atoms with E-state index >= 15 is 0 Å². The summed E-state index contributed by atoms with van der Waals surface area (Å²) < 4.78 is 0. The molecule has 0 radical (unpaired) electrons. The molecule has 1 aliphatic carbocycles. The average Bonchev–Trinajstić information content (AvgIpc) is 2.04. The van der Waals surface area contributed by atoms with E-state index in [9.17, 15) is 0 Å². The molecule has 0 heterocycles. The van der Waals surface area contributed by atoms with Gasteiger partial charge in [-0.25, -0.2) is 0 Å². The maximum absolute atomic E-state index is 5.77. The average molecular weight is 224 g/mol. The Morgan fingerprint density at radius 2 is 2.08 bits per heavy atom. The van der Waals surface area contributed by atoms with Crippen LogP contribution in [0.2, 0.25) is 0 Å². The van der Waals surface area contributed by atoms with Crippen molar-refractivity contribution >= 4 is 15.9 Å². The smallest absolute Gasteiger partial charge is 0.0597 e. The molecule has 12 heavy (non-hydrogen) atoms. The number of hydrogen-bond donors (Lipinski definition) is 1. The molecule has 0 saturated carbocycles. The molecule has 62 valence electrons. The zero-order chi connectivity index (χ0) is 8.55. The fraction of sp³-hybridized carbons (Fsp3) is 0.200. The van der Waals surface area contributed by atoms with Crippen LogP contribution < -0.4 is 5.73 Å². The summed E-state index contributed by atoms with van der Waals surface area (Å²) in [5.74, 6) is 0. The van der Waals surface area contributed by atoms with Crippen LogP contribution in [0.25, 0.3) is 0 Å². The van der Waals surface area contributed by atoms with E-state index in [0.29, 0.717) is 4.83 Å². The quantitative estimate of drug-likeness (QED) is 0.673. The van der Waals surface area contributed by atoms with Crippen molar-refractivity contribution in [3.8, 4) is 0 Å². The Morgan fingerprint density at radius 3 is 2.92 bits per heavy atom. The van der Waals surface area contributed by atoms with Crippen LogP contribution in [0.4, 0.5) is 0 Å². The lowest BCUT2D eigenvalue weighted by molar-refractivity contribution is 0.993. The summed E-state index contributed by atoms with van der Waals surface area (Å²) in [7, 11) is 0. The molecule has 0 saturated heterocycles. The monoisotopic (exact) mass is 223 g/mol. The first-order valence-corrected chi connectivity index (χ1v) is 4.87. The lowest BCUT2D eigenvalue weighted by atomic mass is 9.95. The second-order valence-electron chi connectivity index (χ2n) is 3.02. The molecular weight excluding hydrogens is 214 g/mol. The van der Waals surface area contributed by atoms with Crippen LogP contribution in [0.1, 0.15) is 16.0 Å². The van der Waals surface area contributed by atoms with Gasteiger partial charge >= 0.3 is 0 Å². The first kappa shape index (κ1) is 7.87. The zero-order valence-electron chi connectivity index (χ0n) is 6.63. The predicted molar refractivity (Wildman–Crippen MR) is 54.1 cm³/mol. The molecule has 1 aromatic rings. The van der Waals surface area contributed by atoms with Gasteiger partial charge in [0.25, 0.3) is 0 Å². The Hall–Kier alpha value is -0.760. The molecular formula is C10H10BrN. The molecule has 1 unspecified atom stereocenters. The van der Waals surface area contributed by atoms with Gasteiger partial charge in [-0.1, -0.05) is 40.2 Å². The molecule has 0 spiro atoms. The van der Waals surface area contributed by atoms with Crippen molar-refractivity contribution in [1.82, 2.24) is 0 Å². The van der Waals surface area contributed by atoms with Crippen molar-refractivity contribution in [3.05, 3.63) is 47.2 Å². The normalized spacial score (nSPS) is 21.4. The van der Waals surface area contributed by atoms with Gasteiger partial charge in [-0.3, -0.25) is 0 Å². The summed E-state index contributed by atoms with van der Waals surface area (Å²) in [5.41, 5.74) is 9.40. The first-order valence-electron chi connectivity index (χ1n) is 3.95. The molecule has 2 rings (SSSR count). The molecule has 1 aliphatic rings. The Morgan fingerprint density at radius 1 is 1.33 bits per heavy atom. The van der Waals surface area contributed by atoms with Crippen molar-refractivity contribution in [2.24, 2.45) is 5.73 Å². The second-order valence-corrected chi connectivity index (χ2v) is 4.01. The molecule has 0 aliphatic heterocycles. The number of fused-ring (bicyclic) bond motifs is 1. The Bertz CT molecular complexity index is 330. The molecule has 0 bridgehead atoms. The third-order valence-electron chi connectivity index (χ3n) is 2.11. The summed E-state index contributed by atoms with van der Waals surface area (Å²) in [6.45, 7) is 0. The summed E-state index contributed by atoms with van der Waals surface area (Å²) in [5, 5.41) is 0. The largest absolute Gasteiger partial charge is 0.402 e. The Balaban J connectivity index is 2.48. The number of benzene rings is 1. The fourth-order valence-corrected chi connectivity index (χ4v) is 2.31. The first-order chi connectivity index (χ1) is 5.77. The van der Waals surface area contributed by atoms with Crippen LogP contribution in [0, 0.1) is 0 Å². The van der Waals surface area contributed by atoms with Crippen LogP contribution in [0.5, 0.6) is 0 Å². The molecule has 0 amide bonds. The summed E-state index contributed by atoms with van der Waals surface area (Å²) >= 11 is 3.57. The van der Waals surface area contributed by atoms with Crippen LogP contribution in [-0.4, -0.2) is 0 Å². The lowest BCUT2D eigenvalue weighted by Gasteiger charge is -2.18. The third-order valence-corrected chi connectivity index (χ3v) is 2.86. The highest BCUT2D eigenvalue weighted by atomic mass is 79.9. The topological polar surface area (TPSA) is 26.0 Å². The Kier molecular flexibility index (Phi) is 1.93. The number of alkyl halides is 1. The molecule has 2 N–H and O–H groups in total. The van der Waals surface area contributed by atoms with Gasteiger partial charge in [0.1, 0.15) is 0 Å². The number of nitrogens with two attached hydrogens (primary N) is 1. The Labute approximate surface area is 80.4 Å². The predicted octanol–water partition coefficient (Wildman–Crippen LogP) is 2.52. The number of hydrogen-bond acceptors (Lipinski definition) is 1. The number of halogens is 1. The van der Waals surface area contributed by atoms with Gasteiger partial charge in [0, 0.05) is 12.1 Å². The highest BCUT2D eigenvalue weighted by Crippen LogP contribution is 2.32. The van der Waals surface area contributed by atoms with Crippen LogP contribution >= 0.6 is 15.9 Å². The van der Waals surface area contributed by atoms with Crippen molar-refractivity contribution in [3.63, 3.8) is 0 Å². The van der Waals surface area contributed by atoms with E-state index < -0.39 is 0 Å². The van der Waals surface area contributed by atoms with Gasteiger partial charge in [-0.2, -0.15) is 0 Å². The van der Waals surface area contributed by atoms with Gasteiger partial charge in [-0.15, -0.1) is 0 Å². The highest BCUT2D eigenvalue weighted by Gasteiger charge is 2.14. The highest BCUT2D eigenvalue weighted by molar-refractivity contribution is 9.09. The maximum atomic E-state index is 5.77. The molecule has 2 heteroatoms. The molecule has 1 nitrogen and oxygen atoms in total. The van der Waals surface area contributed by atoms with Crippen LogP contribution in [0.3, 0.4) is 0 Å². The third kappa shape index (κ3) is 1.27. The minimum Gasteiger partial charge on any atom is -0.402 e. The van der Waals surface area contributed by atoms with E-state index in [0.717, 1.165) is 12.1 Å². The summed E-state index contributed by atoms with van der Waals surface area (Å²) in [6.07, 6.45) is 2.95. The van der Waals surface area contributed by atoms with E-state index in [2.05, 4.69) is 46.3 Å². The minimum absolute atomic E-state index is 0.294. The van der Waals surface area contributed by atoms with Gasteiger partial charge in [-0.05, 0) is 17.2 Å². The van der Waals surface area contributed by atoms with E-state index in [1.165, 1.54) is 11.1 Å². The van der Waals surface area contributed by atoms with Crippen molar-refractivity contribution in [2.75, 3.05) is 0 Å². The van der Waals surface area contributed by atoms with E-state index in [-0.39, 0.29) is 0 Å². The van der Waals surface area contributed by atoms with Gasteiger partial charge in [0.05, 0.1) is 4.83 Å². The second kappa shape index (κ2) is 2.94. The molecule has 1 atom stereocenters. The van der Waals surface area contributed by atoms with Gasteiger partial charge in [0.15, 0.2) is 0 Å². The van der Waals surface area contributed by atoms with E-state index in [1.54, 1.807) is 0 Å². The fourth-order valence-electron chi connectivity index (χ4n) is 1.52. The van der Waals surface area contributed by atoms with Crippen molar-refractivity contribution < 1.29 is 0 Å². The summed E-state index contributed by atoms with van der Waals surface area (Å²) in [4.78, 5) is 0.294. The van der Waals surface area contributed by atoms with E-state index in [4.69, 9.17) is 5.73 Å². The summed E-state index contributed by atoms with van der Waals surface area (Å²) in [6, 6.07) is 8.38. The minimum atomic E-state index is 0.294. The lowest BCUT2D eigenvalue weighted by Crippen LogP contribution is -2.10. The SMILES string of the molecule is NC1=CC(Br)c2ccccc2C1. The van der Waals surface area contributed by atoms with Gasteiger partial charge in [0.2, 0.25) is 0 Å². The number of rotatable bonds is 0. The van der Waals surface area contributed by atoms with Crippen molar-refractivity contribution in [2.45, 2.75) is 11.2 Å². The van der Waals surface area contributed by atoms with Gasteiger partial charge < -0.3 is 5.73 Å². The molecule has 0 fully saturated rings. The van der Waals surface area contributed by atoms with Crippen LogP contribution in [0.15, 0.2) is 36.0 Å². The number of allylic oxidation sites excluding steroid dienone is 2. The molecule has 0 aromatic heterocycles. The standard InChI is InChI=1S/C10H10BrN/c11-10-6-8(12)5-7-3-1-2-4-9(7)10/h1-4,6,10H,5,12H2. The maximum Gasteiger partial charge on any atom is 0.0597 e. The molecule has 1 aromatic carbocycles. The van der Waals surface area contributed by atoms with Crippen molar-refractivity contribution in [1.29, 1.82) is 0 Å². The zero-order valence-corrected chi connectivity index (χ0v) is 8.21. The van der Waals surface area contributed by atoms with Crippen LogP contribution in [-0.2, 0) is 6.42 Å². The van der Waals surface area contributed by atoms with E-state index in [1.807, 2.05) is 0 Å².